The summed E-state index contributed by atoms with van der Waals surface area (Å²) in [6.07, 6.45) is -0.0868. The van der Waals surface area contributed by atoms with E-state index >= 15 is 0 Å². The van der Waals surface area contributed by atoms with Gasteiger partial charge in [0.2, 0.25) is 5.91 Å². The summed E-state index contributed by atoms with van der Waals surface area (Å²) < 4.78 is 12.9. The first-order valence-corrected chi connectivity index (χ1v) is 5.63. The number of amides is 1. The van der Waals surface area contributed by atoms with Crippen LogP contribution in [0.3, 0.4) is 0 Å². The molecule has 1 amide bonds. The number of nitriles is 1. The molecule has 1 rings (SSSR count). The minimum atomic E-state index is -0.972. The lowest BCUT2D eigenvalue weighted by molar-refractivity contribution is -0.138. The van der Waals surface area contributed by atoms with E-state index in [1.165, 1.54) is 6.07 Å². The molecule has 6 heteroatoms. The van der Waals surface area contributed by atoms with Crippen LogP contribution in [0.5, 0.6) is 0 Å². The molecule has 2 N–H and O–H groups in total. The van der Waals surface area contributed by atoms with Gasteiger partial charge in [-0.25, -0.2) is 4.39 Å². The minimum Gasteiger partial charge on any atom is -0.481 e. The number of hydrogen-bond donors (Lipinski definition) is 2. The molecule has 1 atom stereocenters. The quantitative estimate of drug-likeness (QED) is 0.852. The summed E-state index contributed by atoms with van der Waals surface area (Å²) in [5.74, 6) is -2.26. The van der Waals surface area contributed by atoms with Crippen molar-refractivity contribution in [1.29, 1.82) is 5.26 Å². The van der Waals surface area contributed by atoms with Gasteiger partial charge in [-0.1, -0.05) is 6.92 Å². The molecule has 0 aliphatic carbocycles. The predicted octanol–water partition coefficient (Wildman–Crippen LogP) is 2.14. The van der Waals surface area contributed by atoms with Gasteiger partial charge in [0, 0.05) is 12.8 Å². The number of anilines is 1. The standard InChI is InChI=1S/C13H13FN2O3/c1-8(5-13(18)19)4-12(17)16-11-3-2-10(14)6-9(11)7-15/h2-3,6,8H,4-5H2,1H3,(H,16,17)(H,18,19). The Morgan fingerprint density at radius 3 is 2.74 bits per heavy atom. The Morgan fingerprint density at radius 1 is 1.47 bits per heavy atom. The number of hydrogen-bond acceptors (Lipinski definition) is 3. The van der Waals surface area contributed by atoms with Crippen LogP contribution in [-0.4, -0.2) is 17.0 Å². The zero-order chi connectivity index (χ0) is 14.4. The SMILES string of the molecule is CC(CC(=O)O)CC(=O)Nc1ccc(F)cc1C#N. The van der Waals surface area contributed by atoms with Crippen molar-refractivity contribution in [3.8, 4) is 6.07 Å². The van der Waals surface area contributed by atoms with E-state index in [0.29, 0.717) is 0 Å². The lowest BCUT2D eigenvalue weighted by Gasteiger charge is -2.10. The largest absolute Gasteiger partial charge is 0.481 e. The first kappa shape index (κ1) is 14.6. The van der Waals surface area contributed by atoms with Crippen LogP contribution >= 0.6 is 0 Å². The molecule has 19 heavy (non-hydrogen) atoms. The van der Waals surface area contributed by atoms with Gasteiger partial charge >= 0.3 is 5.97 Å². The van der Waals surface area contributed by atoms with E-state index in [1.807, 2.05) is 0 Å². The van der Waals surface area contributed by atoms with Crippen molar-refractivity contribution >= 4 is 17.6 Å². The predicted molar refractivity (Wildman–Crippen MR) is 65.8 cm³/mol. The van der Waals surface area contributed by atoms with Crippen molar-refractivity contribution in [2.24, 2.45) is 5.92 Å². The highest BCUT2D eigenvalue weighted by Gasteiger charge is 2.14. The third-order valence-corrected chi connectivity index (χ3v) is 2.43. The van der Waals surface area contributed by atoms with Gasteiger partial charge in [-0.05, 0) is 24.1 Å². The van der Waals surface area contributed by atoms with E-state index in [1.54, 1.807) is 13.0 Å². The number of carboxylic acids is 1. The first-order chi connectivity index (χ1) is 8.92. The summed E-state index contributed by atoms with van der Waals surface area (Å²) in [7, 11) is 0. The number of carboxylic acid groups (broad SMARTS) is 1. The molecule has 0 radical (unpaired) electrons. The van der Waals surface area contributed by atoms with Crippen molar-refractivity contribution in [1.82, 2.24) is 0 Å². The van der Waals surface area contributed by atoms with E-state index in [2.05, 4.69) is 5.32 Å². The molecule has 0 aromatic heterocycles. The molecule has 100 valence electrons. The fourth-order valence-corrected chi connectivity index (χ4v) is 1.61. The monoisotopic (exact) mass is 264 g/mol. The number of nitrogens with one attached hydrogen (secondary N) is 1. The molecular weight excluding hydrogens is 251 g/mol. The molecule has 0 saturated carbocycles. The van der Waals surface area contributed by atoms with Crippen LogP contribution in [0.4, 0.5) is 10.1 Å². The number of benzene rings is 1. The second-order valence-corrected chi connectivity index (χ2v) is 4.26. The van der Waals surface area contributed by atoms with Crippen LogP contribution < -0.4 is 5.32 Å². The van der Waals surface area contributed by atoms with Crippen molar-refractivity contribution in [3.05, 3.63) is 29.6 Å². The number of carbonyl (C=O) groups is 2. The molecule has 1 unspecified atom stereocenters. The van der Waals surface area contributed by atoms with Gasteiger partial charge in [0.1, 0.15) is 11.9 Å². The van der Waals surface area contributed by atoms with Crippen LogP contribution in [0, 0.1) is 23.1 Å². The Kier molecular flexibility index (Phi) is 5.01. The van der Waals surface area contributed by atoms with Gasteiger partial charge in [-0.3, -0.25) is 9.59 Å². The highest BCUT2D eigenvalue weighted by Crippen LogP contribution is 2.17. The van der Waals surface area contributed by atoms with Crippen LogP contribution in [0.25, 0.3) is 0 Å². The lowest BCUT2D eigenvalue weighted by atomic mass is 10.0. The van der Waals surface area contributed by atoms with Gasteiger partial charge in [0.25, 0.3) is 0 Å². The van der Waals surface area contributed by atoms with Crippen molar-refractivity contribution in [3.63, 3.8) is 0 Å². The third kappa shape index (κ3) is 4.76. The van der Waals surface area contributed by atoms with Crippen LogP contribution in [0.1, 0.15) is 25.3 Å². The number of aliphatic carboxylic acids is 1. The smallest absolute Gasteiger partial charge is 0.303 e. The summed E-state index contributed by atoms with van der Waals surface area (Å²) >= 11 is 0. The third-order valence-electron chi connectivity index (χ3n) is 2.43. The van der Waals surface area contributed by atoms with Gasteiger partial charge in [0.15, 0.2) is 0 Å². The fourth-order valence-electron chi connectivity index (χ4n) is 1.61. The zero-order valence-corrected chi connectivity index (χ0v) is 10.3. The van der Waals surface area contributed by atoms with E-state index in [4.69, 9.17) is 10.4 Å². The summed E-state index contributed by atoms with van der Waals surface area (Å²) in [4.78, 5) is 22.1. The van der Waals surface area contributed by atoms with Crippen molar-refractivity contribution in [2.45, 2.75) is 19.8 Å². The molecule has 0 saturated heterocycles. The molecule has 0 aliphatic heterocycles. The van der Waals surface area contributed by atoms with Gasteiger partial charge in [-0.2, -0.15) is 5.26 Å². The molecule has 1 aromatic rings. The van der Waals surface area contributed by atoms with E-state index in [9.17, 15) is 14.0 Å². The fraction of sp³-hybridized carbons (Fsp3) is 0.308. The molecule has 0 aliphatic rings. The maximum Gasteiger partial charge on any atom is 0.303 e. The van der Waals surface area contributed by atoms with Crippen LogP contribution in [0.2, 0.25) is 0 Å². The number of carbonyl (C=O) groups excluding carboxylic acids is 1. The molecular formula is C13H13FN2O3. The number of rotatable bonds is 5. The molecule has 0 spiro atoms. The van der Waals surface area contributed by atoms with E-state index in [-0.39, 0.29) is 30.0 Å². The average molecular weight is 264 g/mol. The summed E-state index contributed by atoms with van der Waals surface area (Å²) in [5, 5.41) is 19.9. The van der Waals surface area contributed by atoms with Crippen LogP contribution in [-0.2, 0) is 9.59 Å². The van der Waals surface area contributed by atoms with E-state index < -0.39 is 17.7 Å². The highest BCUT2D eigenvalue weighted by molar-refractivity contribution is 5.92. The van der Waals surface area contributed by atoms with Crippen molar-refractivity contribution < 1.29 is 19.1 Å². The average Bonchev–Trinajstić information content (AvgIpc) is 2.30. The molecule has 5 nitrogen and oxygen atoms in total. The summed E-state index contributed by atoms with van der Waals surface area (Å²) in [6.45, 7) is 1.64. The minimum absolute atomic E-state index is 0.0224. The van der Waals surface area contributed by atoms with Gasteiger partial charge < -0.3 is 10.4 Å². The Hall–Kier alpha value is -2.42. The topological polar surface area (TPSA) is 90.2 Å². The van der Waals surface area contributed by atoms with Crippen molar-refractivity contribution in [2.75, 3.05) is 5.32 Å². The lowest BCUT2D eigenvalue weighted by Crippen LogP contribution is -2.17. The number of nitrogens with zero attached hydrogens (tertiary/aromatic N) is 1. The van der Waals surface area contributed by atoms with Crippen LogP contribution in [0.15, 0.2) is 18.2 Å². The second kappa shape index (κ2) is 6.50. The second-order valence-electron chi connectivity index (χ2n) is 4.26. The maximum absolute atomic E-state index is 12.9. The highest BCUT2D eigenvalue weighted by atomic mass is 19.1. The molecule has 0 fully saturated rings. The maximum atomic E-state index is 12.9. The van der Waals surface area contributed by atoms with Gasteiger partial charge in [0.05, 0.1) is 11.3 Å². The Labute approximate surface area is 109 Å². The molecule has 0 bridgehead atoms. The Bertz CT molecular complexity index is 537. The Balaban J connectivity index is 2.67. The summed E-state index contributed by atoms with van der Waals surface area (Å²) in [6, 6.07) is 5.24. The normalized spacial score (nSPS) is 11.4. The van der Waals surface area contributed by atoms with E-state index in [0.717, 1.165) is 12.1 Å². The van der Waals surface area contributed by atoms with Gasteiger partial charge in [-0.15, -0.1) is 0 Å². The summed E-state index contributed by atoms with van der Waals surface area (Å²) in [5.41, 5.74) is 0.246. The molecule has 0 heterocycles. The zero-order valence-electron chi connectivity index (χ0n) is 10.3. The number of halogens is 1. The Morgan fingerprint density at radius 2 is 2.16 bits per heavy atom. The molecule has 1 aromatic carbocycles. The first-order valence-electron chi connectivity index (χ1n) is 5.63.